The molecule has 3 nitrogen and oxygen atoms in total. The second-order valence-electron chi connectivity index (χ2n) is 6.31. The Bertz CT molecular complexity index is 283. The minimum Gasteiger partial charge on any atom is -0.379 e. The largest absolute Gasteiger partial charge is 0.379 e. The van der Waals surface area contributed by atoms with Crippen molar-refractivity contribution >= 4 is 5.91 Å². The molecule has 0 aromatic heterocycles. The first-order valence-corrected chi connectivity index (χ1v) is 5.71. The second kappa shape index (κ2) is 3.21. The van der Waals surface area contributed by atoms with Crippen LogP contribution in [0, 0.1) is 16.7 Å². The molecule has 1 aliphatic heterocycles. The summed E-state index contributed by atoms with van der Waals surface area (Å²) in [5.74, 6) is 0.428. The topological polar surface area (TPSA) is 38.3 Å². The van der Waals surface area contributed by atoms with Gasteiger partial charge in [0.05, 0.1) is 19.3 Å². The predicted octanol–water partition coefficient (Wildman–Crippen LogP) is 1.57. The van der Waals surface area contributed by atoms with E-state index in [-0.39, 0.29) is 28.7 Å². The summed E-state index contributed by atoms with van der Waals surface area (Å²) in [5, 5.41) is 3.12. The van der Waals surface area contributed by atoms with E-state index in [1.54, 1.807) is 0 Å². The molecule has 3 heteroatoms. The van der Waals surface area contributed by atoms with Crippen LogP contribution in [0.2, 0.25) is 0 Å². The van der Waals surface area contributed by atoms with Crippen molar-refractivity contribution in [3.05, 3.63) is 0 Å². The van der Waals surface area contributed by atoms with Crippen molar-refractivity contribution in [2.75, 3.05) is 13.2 Å². The van der Waals surface area contributed by atoms with E-state index in [1.807, 2.05) is 0 Å². The highest BCUT2D eigenvalue weighted by atomic mass is 16.5. The van der Waals surface area contributed by atoms with E-state index >= 15 is 0 Å². The number of hydrogen-bond acceptors (Lipinski definition) is 2. The van der Waals surface area contributed by atoms with Crippen LogP contribution in [0.3, 0.4) is 0 Å². The van der Waals surface area contributed by atoms with E-state index in [4.69, 9.17) is 4.74 Å². The molecule has 1 unspecified atom stereocenters. The maximum atomic E-state index is 11.9. The Morgan fingerprint density at radius 1 is 1.27 bits per heavy atom. The smallest absolute Gasteiger partial charge is 0.223 e. The van der Waals surface area contributed by atoms with Crippen LogP contribution in [-0.2, 0) is 9.53 Å². The number of hydrogen-bond donors (Lipinski definition) is 1. The summed E-state index contributed by atoms with van der Waals surface area (Å²) in [6.07, 6.45) is 1.02. The van der Waals surface area contributed by atoms with Crippen LogP contribution in [0.25, 0.3) is 0 Å². The van der Waals surface area contributed by atoms with Gasteiger partial charge in [0.15, 0.2) is 0 Å². The third-order valence-electron chi connectivity index (χ3n) is 3.85. The zero-order valence-electron chi connectivity index (χ0n) is 10.1. The average molecular weight is 211 g/mol. The van der Waals surface area contributed by atoms with Gasteiger partial charge in [0.25, 0.3) is 0 Å². The summed E-state index contributed by atoms with van der Waals surface area (Å²) in [5.41, 5.74) is 0.294. The van der Waals surface area contributed by atoms with Crippen molar-refractivity contribution in [1.82, 2.24) is 5.32 Å². The maximum Gasteiger partial charge on any atom is 0.223 e. The van der Waals surface area contributed by atoms with Gasteiger partial charge in [0.1, 0.15) is 0 Å². The minimum atomic E-state index is 0.0781. The van der Waals surface area contributed by atoms with Crippen LogP contribution in [0.5, 0.6) is 0 Å². The monoisotopic (exact) mass is 211 g/mol. The van der Waals surface area contributed by atoms with Crippen LogP contribution in [0.4, 0.5) is 0 Å². The third-order valence-corrected chi connectivity index (χ3v) is 3.85. The van der Waals surface area contributed by atoms with Gasteiger partial charge in [-0.2, -0.15) is 0 Å². The number of carbonyl (C=O) groups is 1. The van der Waals surface area contributed by atoms with Crippen LogP contribution in [-0.4, -0.2) is 25.2 Å². The molecule has 86 valence electrons. The number of carbonyl (C=O) groups excluding carboxylic acids is 1. The highest BCUT2D eigenvalue weighted by molar-refractivity contribution is 5.82. The van der Waals surface area contributed by atoms with E-state index in [1.165, 1.54) is 0 Å². The van der Waals surface area contributed by atoms with Gasteiger partial charge in [0, 0.05) is 11.3 Å². The number of amides is 1. The average Bonchev–Trinajstić information content (AvgIpc) is 2.60. The molecule has 0 aromatic carbocycles. The summed E-state index contributed by atoms with van der Waals surface area (Å²) in [6, 6.07) is 0.182. The quantitative estimate of drug-likeness (QED) is 0.753. The highest BCUT2D eigenvalue weighted by Crippen LogP contribution is 2.51. The summed E-state index contributed by atoms with van der Waals surface area (Å²) in [4.78, 5) is 11.9. The van der Waals surface area contributed by atoms with Crippen molar-refractivity contribution in [3.8, 4) is 0 Å². The predicted molar refractivity (Wildman–Crippen MR) is 58.4 cm³/mol. The Labute approximate surface area is 91.6 Å². The molecule has 0 aromatic rings. The van der Waals surface area contributed by atoms with Gasteiger partial charge in [-0.05, 0) is 11.8 Å². The summed E-state index contributed by atoms with van der Waals surface area (Å²) >= 11 is 0. The second-order valence-corrected chi connectivity index (χ2v) is 6.31. The van der Waals surface area contributed by atoms with Gasteiger partial charge in [-0.3, -0.25) is 4.79 Å². The van der Waals surface area contributed by atoms with E-state index in [0.717, 1.165) is 13.0 Å². The molecule has 1 saturated carbocycles. The molecular weight excluding hydrogens is 190 g/mol. The fourth-order valence-electron chi connectivity index (χ4n) is 2.19. The van der Waals surface area contributed by atoms with Gasteiger partial charge < -0.3 is 10.1 Å². The lowest BCUT2D eigenvalue weighted by atomic mass is 9.88. The van der Waals surface area contributed by atoms with Crippen LogP contribution < -0.4 is 5.32 Å². The fraction of sp³-hybridized carbons (Fsp3) is 0.917. The Morgan fingerprint density at radius 3 is 2.27 bits per heavy atom. The maximum absolute atomic E-state index is 11.9. The molecule has 1 amide bonds. The van der Waals surface area contributed by atoms with Gasteiger partial charge in [-0.15, -0.1) is 0 Å². The fourth-order valence-corrected chi connectivity index (χ4v) is 2.19. The Kier molecular flexibility index (Phi) is 2.34. The van der Waals surface area contributed by atoms with Crippen molar-refractivity contribution in [1.29, 1.82) is 0 Å². The molecular formula is C12H21NO2. The lowest BCUT2D eigenvalue weighted by molar-refractivity contribution is -0.124. The summed E-state index contributed by atoms with van der Waals surface area (Å²) < 4.78 is 5.41. The highest BCUT2D eigenvalue weighted by Gasteiger charge is 2.51. The van der Waals surface area contributed by atoms with E-state index in [9.17, 15) is 4.79 Å². The van der Waals surface area contributed by atoms with E-state index < -0.39 is 0 Å². The first-order valence-electron chi connectivity index (χ1n) is 5.71. The normalized spacial score (nSPS) is 36.3. The Morgan fingerprint density at radius 2 is 1.87 bits per heavy atom. The number of rotatable bonds is 2. The van der Waals surface area contributed by atoms with Crippen LogP contribution >= 0.6 is 0 Å². The molecule has 0 bridgehead atoms. The van der Waals surface area contributed by atoms with Crippen molar-refractivity contribution < 1.29 is 9.53 Å². The molecule has 1 aliphatic carbocycles. The zero-order chi connectivity index (χ0) is 11.3. The van der Waals surface area contributed by atoms with Crippen LogP contribution in [0.15, 0.2) is 0 Å². The summed E-state index contributed by atoms with van der Waals surface area (Å²) in [6.45, 7) is 9.98. The van der Waals surface area contributed by atoms with Gasteiger partial charge >= 0.3 is 0 Å². The minimum absolute atomic E-state index is 0.0781. The molecule has 0 radical (unpaired) electrons. The van der Waals surface area contributed by atoms with Crippen molar-refractivity contribution in [3.63, 3.8) is 0 Å². The first-order chi connectivity index (χ1) is 6.83. The number of nitrogens with one attached hydrogen (secondary N) is 1. The van der Waals surface area contributed by atoms with Gasteiger partial charge in [-0.1, -0.05) is 27.7 Å². The first kappa shape index (κ1) is 10.9. The lowest BCUT2D eigenvalue weighted by Gasteiger charge is -2.25. The standard InChI is InChI=1S/C12H21NO2/c1-11(2)5-8(11)10(14)13-9-6-15-7-12(9,3)4/h8-9H,5-7H2,1-4H3,(H,13,14)/t8-,9?/m1/s1. The third kappa shape index (κ3) is 2.03. The van der Waals surface area contributed by atoms with Crippen molar-refractivity contribution in [2.24, 2.45) is 16.7 Å². The molecule has 2 rings (SSSR count). The molecule has 0 spiro atoms. The molecule has 15 heavy (non-hydrogen) atoms. The van der Waals surface area contributed by atoms with Crippen molar-refractivity contribution in [2.45, 2.75) is 40.2 Å². The molecule has 1 N–H and O–H groups in total. The Hall–Kier alpha value is -0.570. The molecule has 2 fully saturated rings. The lowest BCUT2D eigenvalue weighted by Crippen LogP contribution is -2.45. The zero-order valence-corrected chi connectivity index (χ0v) is 10.1. The molecule has 1 saturated heterocycles. The molecule has 1 heterocycles. The molecule has 2 atom stereocenters. The van der Waals surface area contributed by atoms with E-state index in [0.29, 0.717) is 6.61 Å². The number of ether oxygens (including phenoxy) is 1. The molecule has 2 aliphatic rings. The Balaban J connectivity index is 1.90. The van der Waals surface area contributed by atoms with Gasteiger partial charge in [0.2, 0.25) is 5.91 Å². The summed E-state index contributed by atoms with van der Waals surface area (Å²) in [7, 11) is 0. The van der Waals surface area contributed by atoms with Crippen LogP contribution in [0.1, 0.15) is 34.1 Å². The van der Waals surface area contributed by atoms with E-state index in [2.05, 4.69) is 33.0 Å². The SMILES string of the molecule is CC1(C)COCC1NC(=O)[C@H]1CC1(C)C. The van der Waals surface area contributed by atoms with Gasteiger partial charge in [-0.25, -0.2) is 0 Å².